The van der Waals surface area contributed by atoms with Gasteiger partial charge in [-0.1, -0.05) is 18.2 Å². The fourth-order valence-corrected chi connectivity index (χ4v) is 3.99. The Kier molecular flexibility index (Phi) is 6.74. The van der Waals surface area contributed by atoms with Crippen LogP contribution in [0.4, 0.5) is 5.69 Å². The highest BCUT2D eigenvalue weighted by molar-refractivity contribution is 7.92. The van der Waals surface area contributed by atoms with Crippen LogP contribution in [0.5, 0.6) is 0 Å². The van der Waals surface area contributed by atoms with Gasteiger partial charge in [0.25, 0.3) is 10.0 Å². The van der Waals surface area contributed by atoms with Crippen LogP contribution in [0.15, 0.2) is 90.9 Å². The van der Waals surface area contributed by atoms with Gasteiger partial charge in [0.1, 0.15) is 5.76 Å². The number of carbonyl (C=O) groups is 1. The molecule has 0 unspecified atom stereocenters. The number of hydrogen-bond acceptors (Lipinski definition) is 6. The molecule has 0 spiro atoms. The molecular weight excluding hydrogens is 438 g/mol. The molecule has 0 bridgehead atoms. The fraction of sp³-hybridized carbons (Fsp3) is 0. The van der Waals surface area contributed by atoms with Crippen molar-refractivity contribution in [1.29, 1.82) is 0 Å². The second-order valence-electron chi connectivity index (χ2n) is 6.21. The third-order valence-corrected chi connectivity index (χ3v) is 5.82. The summed E-state index contributed by atoms with van der Waals surface area (Å²) >= 11 is 6.04. The van der Waals surface area contributed by atoms with E-state index in [1.807, 2.05) is 0 Å². The van der Waals surface area contributed by atoms with E-state index in [4.69, 9.17) is 22.1 Å². The maximum absolute atomic E-state index is 12.9. The van der Waals surface area contributed by atoms with Crippen molar-refractivity contribution < 1.29 is 17.9 Å². The van der Waals surface area contributed by atoms with Gasteiger partial charge in [-0.25, -0.2) is 8.42 Å². The zero-order chi connectivity index (χ0) is 22.4. The molecule has 0 radical (unpaired) electrons. The van der Waals surface area contributed by atoms with E-state index in [0.29, 0.717) is 21.9 Å². The van der Waals surface area contributed by atoms with E-state index in [-0.39, 0.29) is 16.1 Å². The van der Waals surface area contributed by atoms with Gasteiger partial charge in [-0.15, -0.1) is 0 Å². The van der Waals surface area contributed by atoms with Crippen molar-refractivity contribution in [1.82, 2.24) is 4.98 Å². The summed E-state index contributed by atoms with van der Waals surface area (Å²) in [7, 11) is -4.00. The SMILES string of the molecule is C=CO/C(=C\N)c1ccc(S(=O)(=O)Nc2ccc(Cl)cc2C(=O)c2cccnc2)cc1. The molecule has 0 aliphatic rings. The number of halogens is 1. The number of pyridine rings is 1. The van der Waals surface area contributed by atoms with Crippen LogP contribution < -0.4 is 10.5 Å². The van der Waals surface area contributed by atoms with E-state index < -0.39 is 15.8 Å². The normalized spacial score (nSPS) is 11.6. The molecule has 1 heterocycles. The maximum Gasteiger partial charge on any atom is 0.261 e. The molecule has 9 heteroatoms. The molecule has 1 aromatic heterocycles. The third-order valence-electron chi connectivity index (χ3n) is 4.21. The lowest BCUT2D eigenvalue weighted by Gasteiger charge is -2.13. The monoisotopic (exact) mass is 455 g/mol. The van der Waals surface area contributed by atoms with Gasteiger partial charge in [0, 0.05) is 40.3 Å². The van der Waals surface area contributed by atoms with Crippen LogP contribution in [0.2, 0.25) is 5.02 Å². The minimum absolute atomic E-state index is 0.0130. The lowest BCUT2D eigenvalue weighted by atomic mass is 10.0. The number of sulfonamides is 1. The van der Waals surface area contributed by atoms with Gasteiger partial charge < -0.3 is 10.5 Å². The molecule has 0 saturated heterocycles. The number of nitrogens with one attached hydrogen (secondary N) is 1. The standard InChI is InChI=1S/C22H18ClN3O4S/c1-2-30-21(13-24)15-5-8-18(9-6-15)31(28,29)26-20-10-7-17(23)12-19(20)22(27)16-4-3-11-25-14-16/h2-14,26H,1,24H2/b21-13-. The van der Waals surface area contributed by atoms with Crippen LogP contribution in [-0.2, 0) is 14.8 Å². The highest BCUT2D eigenvalue weighted by atomic mass is 35.5. The van der Waals surface area contributed by atoms with Crippen LogP contribution in [0.1, 0.15) is 21.5 Å². The zero-order valence-electron chi connectivity index (χ0n) is 16.2. The number of rotatable bonds is 8. The van der Waals surface area contributed by atoms with Crippen LogP contribution >= 0.6 is 11.6 Å². The fourth-order valence-electron chi connectivity index (χ4n) is 2.74. The van der Waals surface area contributed by atoms with Crippen LogP contribution in [0.3, 0.4) is 0 Å². The average molecular weight is 456 g/mol. The Morgan fingerprint density at radius 1 is 1.13 bits per heavy atom. The molecule has 7 nitrogen and oxygen atoms in total. The lowest BCUT2D eigenvalue weighted by Crippen LogP contribution is -2.16. The summed E-state index contributed by atoms with van der Waals surface area (Å²) < 4.78 is 33.5. The van der Waals surface area contributed by atoms with E-state index in [2.05, 4.69) is 16.3 Å². The summed E-state index contributed by atoms with van der Waals surface area (Å²) in [5.41, 5.74) is 6.58. The van der Waals surface area contributed by atoms with Gasteiger partial charge in [0.05, 0.1) is 16.8 Å². The number of aromatic nitrogens is 1. The van der Waals surface area contributed by atoms with Gasteiger partial charge in [-0.3, -0.25) is 14.5 Å². The highest BCUT2D eigenvalue weighted by Gasteiger charge is 2.20. The van der Waals surface area contributed by atoms with Gasteiger partial charge in [0.15, 0.2) is 5.78 Å². The van der Waals surface area contributed by atoms with Gasteiger partial charge >= 0.3 is 0 Å². The number of benzene rings is 2. The number of carbonyl (C=O) groups excluding carboxylic acids is 1. The zero-order valence-corrected chi connectivity index (χ0v) is 17.7. The molecule has 3 aromatic rings. The quantitative estimate of drug-likeness (QED) is 0.389. The Morgan fingerprint density at radius 3 is 2.48 bits per heavy atom. The molecule has 0 fully saturated rings. The number of ketones is 1. The second-order valence-corrected chi connectivity index (χ2v) is 8.32. The number of nitrogens with zero attached hydrogens (tertiary/aromatic N) is 1. The molecule has 0 amide bonds. The number of hydrogen-bond donors (Lipinski definition) is 2. The van der Waals surface area contributed by atoms with Crippen molar-refractivity contribution in [2.45, 2.75) is 4.90 Å². The van der Waals surface area contributed by atoms with Gasteiger partial charge in [0.2, 0.25) is 0 Å². The Bertz CT molecular complexity index is 1240. The predicted octanol–water partition coefficient (Wildman–Crippen LogP) is 4.18. The van der Waals surface area contributed by atoms with E-state index >= 15 is 0 Å². The number of nitrogens with two attached hydrogens (primary N) is 1. The van der Waals surface area contributed by atoms with Crippen molar-refractivity contribution in [3.8, 4) is 0 Å². The van der Waals surface area contributed by atoms with E-state index in [0.717, 1.165) is 0 Å². The summed E-state index contributed by atoms with van der Waals surface area (Å²) in [6, 6.07) is 13.4. The van der Waals surface area contributed by atoms with Crippen molar-refractivity contribution in [3.05, 3.63) is 108 Å². The molecule has 3 rings (SSSR count). The molecule has 31 heavy (non-hydrogen) atoms. The van der Waals surface area contributed by atoms with E-state index in [9.17, 15) is 13.2 Å². The lowest BCUT2D eigenvalue weighted by molar-refractivity contribution is 0.103. The Balaban J connectivity index is 1.93. The van der Waals surface area contributed by atoms with E-state index in [1.165, 1.54) is 55.2 Å². The average Bonchev–Trinajstić information content (AvgIpc) is 2.78. The summed E-state index contributed by atoms with van der Waals surface area (Å²) in [4.78, 5) is 16.8. The van der Waals surface area contributed by atoms with Crippen molar-refractivity contribution >= 4 is 38.9 Å². The third kappa shape index (κ3) is 5.11. The van der Waals surface area contributed by atoms with Crippen LogP contribution in [0, 0.1) is 0 Å². The molecule has 3 N–H and O–H groups in total. The van der Waals surface area contributed by atoms with Crippen molar-refractivity contribution in [3.63, 3.8) is 0 Å². The summed E-state index contributed by atoms with van der Waals surface area (Å²) in [6.45, 7) is 3.46. The first kappa shape index (κ1) is 22.1. The van der Waals surface area contributed by atoms with Crippen molar-refractivity contribution in [2.24, 2.45) is 5.73 Å². The molecule has 0 atom stereocenters. The minimum atomic E-state index is -4.00. The topological polar surface area (TPSA) is 111 Å². The Hall–Kier alpha value is -3.62. The van der Waals surface area contributed by atoms with Crippen molar-refractivity contribution in [2.75, 3.05) is 4.72 Å². The minimum Gasteiger partial charge on any atom is -0.463 e. The van der Waals surface area contributed by atoms with E-state index in [1.54, 1.807) is 24.3 Å². The number of anilines is 1. The molecular formula is C22H18ClN3O4S. The largest absolute Gasteiger partial charge is 0.463 e. The first-order chi connectivity index (χ1) is 14.9. The second kappa shape index (κ2) is 9.46. The molecule has 158 valence electrons. The maximum atomic E-state index is 12.9. The Labute approximate surface area is 184 Å². The summed E-state index contributed by atoms with van der Waals surface area (Å²) in [6.07, 6.45) is 5.39. The molecule has 2 aromatic carbocycles. The summed E-state index contributed by atoms with van der Waals surface area (Å²) in [5, 5.41) is 0.294. The molecule has 0 saturated carbocycles. The first-order valence-electron chi connectivity index (χ1n) is 8.92. The van der Waals surface area contributed by atoms with Crippen LogP contribution in [-0.4, -0.2) is 19.2 Å². The van der Waals surface area contributed by atoms with Gasteiger partial charge in [-0.2, -0.15) is 0 Å². The number of ether oxygens (including phenoxy) is 1. The molecule has 0 aliphatic heterocycles. The Morgan fingerprint density at radius 2 is 1.87 bits per heavy atom. The first-order valence-corrected chi connectivity index (χ1v) is 10.8. The predicted molar refractivity (Wildman–Crippen MR) is 120 cm³/mol. The smallest absolute Gasteiger partial charge is 0.261 e. The summed E-state index contributed by atoms with van der Waals surface area (Å²) in [5.74, 6) is -0.0862. The van der Waals surface area contributed by atoms with Crippen LogP contribution in [0.25, 0.3) is 5.76 Å². The van der Waals surface area contributed by atoms with Gasteiger partial charge in [-0.05, 0) is 54.6 Å². The molecule has 0 aliphatic carbocycles. The highest BCUT2D eigenvalue weighted by Crippen LogP contribution is 2.26.